The summed E-state index contributed by atoms with van der Waals surface area (Å²) in [7, 11) is 0. The van der Waals surface area contributed by atoms with Crippen LogP contribution in [0.5, 0.6) is 0 Å². The van der Waals surface area contributed by atoms with Gasteiger partial charge in [-0.25, -0.2) is 5.43 Å². The van der Waals surface area contributed by atoms with Crippen molar-refractivity contribution >= 4 is 11.6 Å². The zero-order valence-corrected chi connectivity index (χ0v) is 7.58. The highest BCUT2D eigenvalue weighted by Gasteiger charge is 2.19. The Bertz CT molecular complexity index is 335. The van der Waals surface area contributed by atoms with Gasteiger partial charge in [-0.3, -0.25) is 10.2 Å². The number of nitrogens with two attached hydrogens (primary N) is 1. The van der Waals surface area contributed by atoms with Gasteiger partial charge in [-0.2, -0.15) is 5.53 Å². The number of benzene rings is 1. The van der Waals surface area contributed by atoms with Crippen LogP contribution in [-0.2, 0) is 4.79 Å². The molecule has 2 rings (SSSR count). The number of carbonyl (C=O) groups excluding carboxylic acids is 1. The Morgan fingerprint density at radius 1 is 1.29 bits per heavy atom. The van der Waals surface area contributed by atoms with Crippen LogP contribution in [0.3, 0.4) is 0 Å². The first-order chi connectivity index (χ1) is 6.75. The molecule has 74 valence electrons. The SMILES string of the molecule is Nc1ccc(C2CC(=O)NNN2)cc1. The zero-order valence-electron chi connectivity index (χ0n) is 7.58. The maximum atomic E-state index is 11.1. The average Bonchev–Trinajstić information content (AvgIpc) is 2.19. The Morgan fingerprint density at radius 2 is 2.00 bits per heavy atom. The third-order valence-electron chi connectivity index (χ3n) is 2.18. The molecule has 1 aliphatic rings. The number of amides is 1. The highest BCUT2D eigenvalue weighted by Crippen LogP contribution is 2.18. The lowest BCUT2D eigenvalue weighted by atomic mass is 10.0. The summed E-state index contributed by atoms with van der Waals surface area (Å²) in [5, 5.41) is 0. The van der Waals surface area contributed by atoms with Gasteiger partial charge in [0, 0.05) is 12.1 Å². The molecule has 1 aromatic rings. The normalized spacial score (nSPS) is 21.7. The molecule has 1 amide bonds. The molecule has 0 spiro atoms. The van der Waals surface area contributed by atoms with Gasteiger partial charge >= 0.3 is 0 Å². The van der Waals surface area contributed by atoms with Gasteiger partial charge in [0.05, 0.1) is 6.04 Å². The second-order valence-electron chi connectivity index (χ2n) is 3.24. The fourth-order valence-corrected chi connectivity index (χ4v) is 1.41. The largest absolute Gasteiger partial charge is 0.399 e. The Balaban J connectivity index is 2.14. The van der Waals surface area contributed by atoms with Crippen LogP contribution in [0.2, 0.25) is 0 Å². The summed E-state index contributed by atoms with van der Waals surface area (Å²) < 4.78 is 0. The minimum absolute atomic E-state index is 0.00403. The maximum absolute atomic E-state index is 11.1. The van der Waals surface area contributed by atoms with E-state index in [2.05, 4.69) is 16.4 Å². The molecule has 1 atom stereocenters. The predicted molar refractivity (Wildman–Crippen MR) is 52.6 cm³/mol. The van der Waals surface area contributed by atoms with Crippen molar-refractivity contribution in [3.63, 3.8) is 0 Å². The minimum Gasteiger partial charge on any atom is -0.399 e. The molecule has 0 saturated carbocycles. The van der Waals surface area contributed by atoms with E-state index in [-0.39, 0.29) is 11.9 Å². The number of nitrogen functional groups attached to an aromatic ring is 1. The van der Waals surface area contributed by atoms with Crippen molar-refractivity contribution in [2.75, 3.05) is 5.73 Å². The molecular weight excluding hydrogens is 180 g/mol. The van der Waals surface area contributed by atoms with Crippen molar-refractivity contribution in [1.82, 2.24) is 16.4 Å². The first kappa shape index (κ1) is 8.98. The lowest BCUT2D eigenvalue weighted by Gasteiger charge is -2.24. The summed E-state index contributed by atoms with van der Waals surface area (Å²) in [5.41, 5.74) is 15.4. The molecule has 5 N–H and O–H groups in total. The van der Waals surface area contributed by atoms with Crippen molar-refractivity contribution in [3.8, 4) is 0 Å². The quantitative estimate of drug-likeness (QED) is 0.466. The third-order valence-corrected chi connectivity index (χ3v) is 2.18. The highest BCUT2D eigenvalue weighted by atomic mass is 16.2. The molecule has 1 fully saturated rings. The minimum atomic E-state index is -0.0226. The lowest BCUT2D eigenvalue weighted by Crippen LogP contribution is -2.54. The molecule has 1 aromatic carbocycles. The van der Waals surface area contributed by atoms with Crippen molar-refractivity contribution in [3.05, 3.63) is 29.8 Å². The van der Waals surface area contributed by atoms with E-state index in [1.807, 2.05) is 24.3 Å². The van der Waals surface area contributed by atoms with Crippen LogP contribution in [0.1, 0.15) is 18.0 Å². The van der Waals surface area contributed by atoms with Crippen LogP contribution < -0.4 is 22.1 Å². The fourth-order valence-electron chi connectivity index (χ4n) is 1.41. The van der Waals surface area contributed by atoms with Gasteiger partial charge in [0.15, 0.2) is 0 Å². The van der Waals surface area contributed by atoms with Crippen LogP contribution in [0.15, 0.2) is 24.3 Å². The first-order valence-electron chi connectivity index (χ1n) is 4.40. The van der Waals surface area contributed by atoms with Crippen molar-refractivity contribution in [2.24, 2.45) is 0 Å². The monoisotopic (exact) mass is 192 g/mol. The summed E-state index contributed by atoms with van der Waals surface area (Å²) in [6.45, 7) is 0. The summed E-state index contributed by atoms with van der Waals surface area (Å²) in [6, 6.07) is 7.47. The molecule has 1 aliphatic heterocycles. The van der Waals surface area contributed by atoms with Gasteiger partial charge in [-0.05, 0) is 17.7 Å². The molecular formula is C9H12N4O. The van der Waals surface area contributed by atoms with E-state index in [4.69, 9.17) is 5.73 Å². The van der Waals surface area contributed by atoms with Crippen LogP contribution in [0, 0.1) is 0 Å². The lowest BCUT2D eigenvalue weighted by molar-refractivity contribution is -0.125. The Labute approximate surface area is 81.6 Å². The van der Waals surface area contributed by atoms with Gasteiger partial charge in [0.25, 0.3) is 0 Å². The van der Waals surface area contributed by atoms with E-state index < -0.39 is 0 Å². The second-order valence-corrected chi connectivity index (χ2v) is 3.24. The average molecular weight is 192 g/mol. The summed E-state index contributed by atoms with van der Waals surface area (Å²) >= 11 is 0. The van der Waals surface area contributed by atoms with Crippen molar-refractivity contribution in [1.29, 1.82) is 0 Å². The summed E-state index contributed by atoms with van der Waals surface area (Å²) in [6.07, 6.45) is 0.427. The van der Waals surface area contributed by atoms with Gasteiger partial charge in [-0.15, -0.1) is 0 Å². The van der Waals surface area contributed by atoms with Gasteiger partial charge < -0.3 is 5.73 Å². The molecule has 0 bridgehead atoms. The smallest absolute Gasteiger partial charge is 0.237 e. The number of hydrogen-bond acceptors (Lipinski definition) is 4. The molecule has 0 radical (unpaired) electrons. The molecule has 1 unspecified atom stereocenters. The van der Waals surface area contributed by atoms with E-state index in [1.54, 1.807) is 0 Å². The van der Waals surface area contributed by atoms with E-state index >= 15 is 0 Å². The molecule has 1 heterocycles. The number of anilines is 1. The fraction of sp³-hybridized carbons (Fsp3) is 0.222. The molecule has 5 nitrogen and oxygen atoms in total. The van der Waals surface area contributed by atoms with Crippen LogP contribution in [0.4, 0.5) is 5.69 Å². The molecule has 1 saturated heterocycles. The van der Waals surface area contributed by atoms with Crippen molar-refractivity contribution in [2.45, 2.75) is 12.5 Å². The number of hydrazine groups is 2. The van der Waals surface area contributed by atoms with Crippen LogP contribution in [0.25, 0.3) is 0 Å². The Morgan fingerprint density at radius 3 is 2.64 bits per heavy atom. The van der Waals surface area contributed by atoms with Gasteiger partial charge in [0.1, 0.15) is 0 Å². The number of nitrogens with one attached hydrogen (secondary N) is 3. The van der Waals surface area contributed by atoms with E-state index in [0.717, 1.165) is 11.3 Å². The van der Waals surface area contributed by atoms with E-state index in [9.17, 15) is 4.79 Å². The highest BCUT2D eigenvalue weighted by molar-refractivity contribution is 5.76. The van der Waals surface area contributed by atoms with Crippen LogP contribution in [-0.4, -0.2) is 5.91 Å². The summed E-state index contributed by atoms with van der Waals surface area (Å²) in [5.74, 6) is -0.0226. The molecule has 14 heavy (non-hydrogen) atoms. The Kier molecular flexibility index (Phi) is 2.34. The number of carbonyl (C=O) groups is 1. The van der Waals surface area contributed by atoms with Crippen molar-refractivity contribution < 1.29 is 4.79 Å². The zero-order chi connectivity index (χ0) is 9.97. The maximum Gasteiger partial charge on any atom is 0.237 e. The number of hydrogen-bond donors (Lipinski definition) is 4. The standard InChI is InChI=1S/C9H12N4O/c10-7-3-1-6(2-4-7)8-5-9(14)12-13-11-8/h1-4,8,11,13H,5,10H2,(H,12,14). The number of rotatable bonds is 1. The third kappa shape index (κ3) is 1.84. The van der Waals surface area contributed by atoms with Gasteiger partial charge in [0.2, 0.25) is 5.91 Å². The first-order valence-corrected chi connectivity index (χ1v) is 4.40. The predicted octanol–water partition coefficient (Wildman–Crippen LogP) is -0.161. The van der Waals surface area contributed by atoms with E-state index in [0.29, 0.717) is 6.42 Å². The molecule has 5 heteroatoms. The molecule has 0 aliphatic carbocycles. The van der Waals surface area contributed by atoms with E-state index in [1.165, 1.54) is 0 Å². The van der Waals surface area contributed by atoms with Gasteiger partial charge in [-0.1, -0.05) is 12.1 Å². The van der Waals surface area contributed by atoms with Crippen LogP contribution >= 0.6 is 0 Å². The Hall–Kier alpha value is -1.59. The topological polar surface area (TPSA) is 79.2 Å². The molecule has 0 aromatic heterocycles. The summed E-state index contributed by atoms with van der Waals surface area (Å²) in [4.78, 5) is 11.1. The second kappa shape index (κ2) is 3.65.